The van der Waals surface area contributed by atoms with E-state index in [1.807, 2.05) is 25.1 Å². The van der Waals surface area contributed by atoms with Crippen molar-refractivity contribution in [1.82, 2.24) is 5.32 Å². The van der Waals surface area contributed by atoms with Gasteiger partial charge in [0.05, 0.1) is 12.3 Å². The SMILES string of the molecule is CCOc1ccccc1NC(=S)NC(=O)c1cc(Cl)cc(Cl)c1. The van der Waals surface area contributed by atoms with Crippen LogP contribution in [0.1, 0.15) is 17.3 Å². The number of anilines is 1. The molecule has 0 unspecified atom stereocenters. The zero-order chi connectivity index (χ0) is 16.8. The molecule has 0 saturated carbocycles. The van der Waals surface area contributed by atoms with Gasteiger partial charge in [-0.1, -0.05) is 35.3 Å². The van der Waals surface area contributed by atoms with Crippen LogP contribution in [0.4, 0.5) is 5.69 Å². The van der Waals surface area contributed by atoms with E-state index in [1.165, 1.54) is 12.1 Å². The molecule has 2 aromatic rings. The number of carbonyl (C=O) groups is 1. The van der Waals surface area contributed by atoms with Gasteiger partial charge in [0.1, 0.15) is 5.75 Å². The van der Waals surface area contributed by atoms with E-state index in [9.17, 15) is 4.79 Å². The van der Waals surface area contributed by atoms with E-state index in [1.54, 1.807) is 12.1 Å². The number of amides is 1. The largest absolute Gasteiger partial charge is 0.492 e. The topological polar surface area (TPSA) is 50.4 Å². The number of nitrogens with one attached hydrogen (secondary N) is 2. The second-order valence-electron chi connectivity index (χ2n) is 4.50. The summed E-state index contributed by atoms with van der Waals surface area (Å²) in [7, 11) is 0. The number of rotatable bonds is 4. The molecule has 0 bridgehead atoms. The summed E-state index contributed by atoms with van der Waals surface area (Å²) in [5, 5.41) is 6.42. The number of hydrogen-bond donors (Lipinski definition) is 2. The maximum atomic E-state index is 12.2. The predicted molar refractivity (Wildman–Crippen MR) is 97.8 cm³/mol. The van der Waals surface area contributed by atoms with Gasteiger partial charge in [-0.15, -0.1) is 0 Å². The van der Waals surface area contributed by atoms with Crippen molar-refractivity contribution in [1.29, 1.82) is 0 Å². The average Bonchev–Trinajstić information content (AvgIpc) is 2.48. The van der Waals surface area contributed by atoms with Crippen molar-refractivity contribution in [3.8, 4) is 5.75 Å². The molecule has 0 fully saturated rings. The molecule has 2 N–H and O–H groups in total. The zero-order valence-electron chi connectivity index (χ0n) is 12.2. The number of carbonyl (C=O) groups excluding carboxylic acids is 1. The maximum absolute atomic E-state index is 12.2. The molecule has 7 heteroatoms. The molecule has 0 saturated heterocycles. The third-order valence-corrected chi connectivity index (χ3v) is 3.43. The summed E-state index contributed by atoms with van der Waals surface area (Å²) < 4.78 is 5.49. The Morgan fingerprint density at radius 2 is 1.83 bits per heavy atom. The Labute approximate surface area is 149 Å². The molecule has 2 aromatic carbocycles. The van der Waals surface area contributed by atoms with E-state index in [-0.39, 0.29) is 5.11 Å². The third-order valence-electron chi connectivity index (χ3n) is 2.79. The second kappa shape index (κ2) is 8.15. The molecule has 120 valence electrons. The van der Waals surface area contributed by atoms with E-state index in [0.717, 1.165) is 0 Å². The first-order valence-corrected chi connectivity index (χ1v) is 7.96. The summed E-state index contributed by atoms with van der Waals surface area (Å²) in [5.74, 6) is 0.248. The van der Waals surface area contributed by atoms with Crippen molar-refractivity contribution in [2.24, 2.45) is 0 Å². The highest BCUT2D eigenvalue weighted by molar-refractivity contribution is 7.80. The number of para-hydroxylation sites is 2. The first-order chi connectivity index (χ1) is 11.0. The molecule has 0 aliphatic carbocycles. The van der Waals surface area contributed by atoms with Gasteiger partial charge in [0, 0.05) is 15.6 Å². The molecule has 0 spiro atoms. The van der Waals surface area contributed by atoms with Crippen molar-refractivity contribution in [3.63, 3.8) is 0 Å². The van der Waals surface area contributed by atoms with Crippen LogP contribution in [0.25, 0.3) is 0 Å². The molecular formula is C16H14Cl2N2O2S. The summed E-state index contributed by atoms with van der Waals surface area (Å²) in [6.45, 7) is 2.42. The van der Waals surface area contributed by atoms with Crippen molar-refractivity contribution in [2.45, 2.75) is 6.92 Å². The van der Waals surface area contributed by atoms with Crippen LogP contribution in [0, 0.1) is 0 Å². The number of thiocarbonyl (C=S) groups is 1. The minimum absolute atomic E-state index is 0.151. The lowest BCUT2D eigenvalue weighted by molar-refractivity contribution is 0.0977. The summed E-state index contributed by atoms with van der Waals surface area (Å²) >= 11 is 16.9. The van der Waals surface area contributed by atoms with E-state index < -0.39 is 5.91 Å². The fourth-order valence-electron chi connectivity index (χ4n) is 1.87. The molecule has 0 aliphatic heterocycles. The maximum Gasteiger partial charge on any atom is 0.257 e. The summed E-state index contributed by atoms with van der Waals surface area (Å²) in [4.78, 5) is 12.2. The summed E-state index contributed by atoms with van der Waals surface area (Å²) in [6, 6.07) is 11.9. The smallest absolute Gasteiger partial charge is 0.257 e. The Morgan fingerprint density at radius 3 is 2.48 bits per heavy atom. The second-order valence-corrected chi connectivity index (χ2v) is 5.78. The molecule has 0 heterocycles. The van der Waals surface area contributed by atoms with Crippen LogP contribution in [0.15, 0.2) is 42.5 Å². The van der Waals surface area contributed by atoms with Crippen LogP contribution >= 0.6 is 35.4 Å². The Bertz CT molecular complexity index is 718. The lowest BCUT2D eigenvalue weighted by Crippen LogP contribution is -2.34. The number of hydrogen-bond acceptors (Lipinski definition) is 3. The van der Waals surface area contributed by atoms with Crippen molar-refractivity contribution < 1.29 is 9.53 Å². The molecule has 4 nitrogen and oxygen atoms in total. The molecular weight excluding hydrogens is 355 g/mol. The highest BCUT2D eigenvalue weighted by atomic mass is 35.5. The Balaban J connectivity index is 2.06. The fraction of sp³-hybridized carbons (Fsp3) is 0.125. The summed E-state index contributed by atoms with van der Waals surface area (Å²) in [5.41, 5.74) is 0.994. The van der Waals surface area contributed by atoms with Gasteiger partial charge in [0.25, 0.3) is 5.91 Å². The van der Waals surface area contributed by atoms with Crippen LogP contribution in [-0.4, -0.2) is 17.6 Å². The van der Waals surface area contributed by atoms with E-state index in [2.05, 4.69) is 10.6 Å². The van der Waals surface area contributed by atoms with Gasteiger partial charge in [-0.3, -0.25) is 10.1 Å². The monoisotopic (exact) mass is 368 g/mol. The summed E-state index contributed by atoms with van der Waals surface area (Å²) in [6.07, 6.45) is 0. The molecule has 0 aliphatic rings. The van der Waals surface area contributed by atoms with Gasteiger partial charge in [-0.2, -0.15) is 0 Å². The first kappa shape index (κ1) is 17.5. The van der Waals surface area contributed by atoms with Gasteiger partial charge in [-0.25, -0.2) is 0 Å². The molecule has 0 aromatic heterocycles. The quantitative estimate of drug-likeness (QED) is 0.779. The van der Waals surface area contributed by atoms with Gasteiger partial charge in [0.15, 0.2) is 5.11 Å². The third kappa shape index (κ3) is 5.10. The molecule has 2 rings (SSSR count). The molecule has 0 atom stereocenters. The zero-order valence-corrected chi connectivity index (χ0v) is 14.6. The number of benzene rings is 2. The average molecular weight is 369 g/mol. The number of halogens is 2. The van der Waals surface area contributed by atoms with Crippen molar-refractivity contribution in [2.75, 3.05) is 11.9 Å². The fourth-order valence-corrected chi connectivity index (χ4v) is 2.59. The van der Waals surface area contributed by atoms with Crippen LogP contribution in [0.2, 0.25) is 10.0 Å². The van der Waals surface area contributed by atoms with Crippen LogP contribution in [-0.2, 0) is 0 Å². The van der Waals surface area contributed by atoms with Gasteiger partial charge < -0.3 is 10.1 Å². The Kier molecular flexibility index (Phi) is 6.21. The van der Waals surface area contributed by atoms with Crippen LogP contribution < -0.4 is 15.4 Å². The van der Waals surface area contributed by atoms with Gasteiger partial charge in [0.2, 0.25) is 0 Å². The van der Waals surface area contributed by atoms with E-state index in [0.29, 0.717) is 33.7 Å². The minimum atomic E-state index is -0.402. The van der Waals surface area contributed by atoms with Crippen molar-refractivity contribution >= 4 is 52.1 Å². The van der Waals surface area contributed by atoms with Gasteiger partial charge >= 0.3 is 0 Å². The molecule has 23 heavy (non-hydrogen) atoms. The van der Waals surface area contributed by atoms with Gasteiger partial charge in [-0.05, 0) is 49.5 Å². The predicted octanol–water partition coefficient (Wildman–Crippen LogP) is 4.52. The Hall–Kier alpha value is -1.82. The minimum Gasteiger partial charge on any atom is -0.492 e. The lowest BCUT2D eigenvalue weighted by atomic mass is 10.2. The van der Waals surface area contributed by atoms with Crippen LogP contribution in [0.5, 0.6) is 5.75 Å². The van der Waals surface area contributed by atoms with Crippen molar-refractivity contribution in [3.05, 3.63) is 58.1 Å². The molecule has 1 amide bonds. The van der Waals surface area contributed by atoms with E-state index >= 15 is 0 Å². The molecule has 0 radical (unpaired) electrons. The lowest BCUT2D eigenvalue weighted by Gasteiger charge is -2.13. The van der Waals surface area contributed by atoms with E-state index in [4.69, 9.17) is 40.2 Å². The highest BCUT2D eigenvalue weighted by Gasteiger charge is 2.11. The van der Waals surface area contributed by atoms with Crippen LogP contribution in [0.3, 0.4) is 0 Å². The normalized spacial score (nSPS) is 10.0. The number of ether oxygens (including phenoxy) is 1. The highest BCUT2D eigenvalue weighted by Crippen LogP contribution is 2.23. The first-order valence-electron chi connectivity index (χ1n) is 6.80. The standard InChI is InChI=1S/C16H14Cl2N2O2S/c1-2-22-14-6-4-3-5-13(14)19-16(23)20-15(21)10-7-11(17)9-12(18)8-10/h3-9H,2H2,1H3,(H2,19,20,21,23). The Morgan fingerprint density at radius 1 is 1.17 bits per heavy atom.